The van der Waals surface area contributed by atoms with Crippen LogP contribution < -0.4 is 10.6 Å². The maximum atomic E-state index is 14.0. The van der Waals surface area contributed by atoms with Gasteiger partial charge in [-0.3, -0.25) is 14.6 Å². The fourth-order valence-corrected chi connectivity index (χ4v) is 4.67. The van der Waals surface area contributed by atoms with Crippen LogP contribution in [0.4, 0.5) is 4.39 Å². The lowest BCUT2D eigenvalue weighted by Crippen LogP contribution is -2.54. The minimum Gasteiger partial charge on any atom is -0.348 e. The smallest absolute Gasteiger partial charge is 0.268 e. The second kappa shape index (κ2) is 8.32. The number of carbonyl (C=O) groups is 2. The molecule has 2 heterocycles. The van der Waals surface area contributed by atoms with Gasteiger partial charge in [0.25, 0.3) is 5.91 Å². The molecule has 1 fully saturated rings. The van der Waals surface area contributed by atoms with Gasteiger partial charge in [0.15, 0.2) is 5.54 Å². The number of nitrogens with one attached hydrogen (secondary N) is 3. The highest BCUT2D eigenvalue weighted by molar-refractivity contribution is 6.00. The Balaban J connectivity index is 1.38. The van der Waals surface area contributed by atoms with Gasteiger partial charge in [-0.05, 0) is 55.4 Å². The average molecular weight is 445 g/mol. The van der Waals surface area contributed by atoms with Crippen LogP contribution in [-0.2, 0) is 16.8 Å². The second-order valence-electron chi connectivity index (χ2n) is 8.98. The Kier molecular flexibility index (Phi) is 5.33. The van der Waals surface area contributed by atoms with Gasteiger partial charge < -0.3 is 15.6 Å². The van der Waals surface area contributed by atoms with E-state index in [4.69, 9.17) is 0 Å². The number of fused-ring (bicyclic) bond motifs is 2. The zero-order valence-corrected chi connectivity index (χ0v) is 18.0. The Morgan fingerprint density at radius 3 is 2.94 bits per heavy atom. The maximum Gasteiger partial charge on any atom is 0.268 e. The number of rotatable bonds is 6. The van der Waals surface area contributed by atoms with Crippen molar-refractivity contribution < 1.29 is 14.0 Å². The van der Waals surface area contributed by atoms with E-state index < -0.39 is 29.2 Å². The molecule has 0 aliphatic heterocycles. The lowest BCUT2D eigenvalue weighted by Gasteiger charge is -2.35. The molecule has 3 aromatic rings. The number of H-pyrrole nitrogens is 1. The molecule has 2 aromatic heterocycles. The Hall–Kier alpha value is -3.73. The molecule has 5 rings (SSSR count). The highest BCUT2D eigenvalue weighted by Gasteiger charge is 2.41. The Labute approximate surface area is 190 Å². The number of hydrogen-bond donors (Lipinski definition) is 3. The lowest BCUT2D eigenvalue weighted by molar-refractivity contribution is -0.124. The number of aromatic nitrogens is 2. The fraction of sp³-hybridized carbons (Fsp3) is 0.360. The average Bonchev–Trinajstić information content (AvgIpc) is 3.53. The molecule has 2 amide bonds. The van der Waals surface area contributed by atoms with E-state index in [1.807, 2.05) is 6.07 Å². The van der Waals surface area contributed by atoms with Crippen molar-refractivity contribution in [1.82, 2.24) is 20.6 Å². The number of carbonyl (C=O) groups excluding carboxylic acids is 2. The molecule has 0 bridgehead atoms. The molecular formula is C25H24FN5O2. The number of nitrogens with zero attached hydrogens (tertiary/aromatic N) is 2. The molecular weight excluding hydrogens is 421 g/mol. The first kappa shape index (κ1) is 21.1. The number of amides is 2. The summed E-state index contributed by atoms with van der Waals surface area (Å²) in [5.74, 6) is -0.960. The molecule has 0 spiro atoms. The number of benzene rings is 1. The summed E-state index contributed by atoms with van der Waals surface area (Å²) in [4.78, 5) is 33.3. The maximum absolute atomic E-state index is 14.0. The van der Waals surface area contributed by atoms with Crippen LogP contribution in [0.15, 0.2) is 42.7 Å². The van der Waals surface area contributed by atoms with Gasteiger partial charge in [-0.1, -0.05) is 25.0 Å². The molecule has 1 aromatic carbocycles. The second-order valence-corrected chi connectivity index (χ2v) is 8.98. The third kappa shape index (κ3) is 4.07. The predicted octanol–water partition coefficient (Wildman–Crippen LogP) is 3.47. The van der Waals surface area contributed by atoms with E-state index in [2.05, 4.69) is 26.7 Å². The molecule has 0 radical (unpaired) electrons. The van der Waals surface area contributed by atoms with Crippen LogP contribution in [0, 0.1) is 23.1 Å². The van der Waals surface area contributed by atoms with Crippen LogP contribution in [0.5, 0.6) is 0 Å². The molecule has 0 saturated heterocycles. The number of aromatic amines is 1. The summed E-state index contributed by atoms with van der Waals surface area (Å²) in [6.45, 7) is 0. The van der Waals surface area contributed by atoms with E-state index in [0.717, 1.165) is 36.8 Å². The van der Waals surface area contributed by atoms with Crippen LogP contribution >= 0.6 is 0 Å². The first-order chi connectivity index (χ1) is 16.0. The molecule has 2 atom stereocenters. The van der Waals surface area contributed by atoms with Crippen molar-refractivity contribution >= 4 is 22.7 Å². The summed E-state index contributed by atoms with van der Waals surface area (Å²) in [5, 5.41) is 16.4. The highest BCUT2D eigenvalue weighted by Crippen LogP contribution is 2.36. The van der Waals surface area contributed by atoms with Crippen molar-refractivity contribution in [2.24, 2.45) is 5.92 Å². The van der Waals surface area contributed by atoms with Crippen molar-refractivity contribution in [3.05, 3.63) is 65.4 Å². The van der Waals surface area contributed by atoms with Crippen LogP contribution in [0.25, 0.3) is 10.9 Å². The highest BCUT2D eigenvalue weighted by atomic mass is 19.1. The molecule has 2 unspecified atom stereocenters. The standard InChI is InChI=1S/C25H24FN5O2/c26-19-5-1-3-17-12-21(29-22(17)19)23(32)30-20(11-15-6-7-15)24(33)31-25(14-27)9-2-4-16-8-10-28-13-18(16)25/h1,3,5,8,10,12-13,15,20,29H,2,4,6-7,9,11H2,(H,30,32)(H,31,33). The van der Waals surface area contributed by atoms with E-state index in [9.17, 15) is 19.2 Å². The normalized spacial score (nSPS) is 20.5. The summed E-state index contributed by atoms with van der Waals surface area (Å²) in [6, 6.07) is 9.57. The number of hydrogen-bond acceptors (Lipinski definition) is 4. The summed E-state index contributed by atoms with van der Waals surface area (Å²) in [5.41, 5.74) is 0.984. The quantitative estimate of drug-likeness (QED) is 0.539. The molecule has 8 heteroatoms. The Morgan fingerprint density at radius 2 is 2.18 bits per heavy atom. The van der Waals surface area contributed by atoms with E-state index in [0.29, 0.717) is 24.1 Å². The summed E-state index contributed by atoms with van der Waals surface area (Å²) < 4.78 is 14.0. The zero-order valence-electron chi connectivity index (χ0n) is 18.0. The van der Waals surface area contributed by atoms with E-state index >= 15 is 0 Å². The molecule has 168 valence electrons. The van der Waals surface area contributed by atoms with E-state index in [-0.39, 0.29) is 11.2 Å². The lowest BCUT2D eigenvalue weighted by atomic mass is 9.78. The van der Waals surface area contributed by atoms with Crippen molar-refractivity contribution in [2.75, 3.05) is 0 Å². The molecule has 2 aliphatic rings. The van der Waals surface area contributed by atoms with Crippen LogP contribution in [-0.4, -0.2) is 27.8 Å². The van der Waals surface area contributed by atoms with Gasteiger partial charge in [0.1, 0.15) is 17.6 Å². The SMILES string of the molecule is N#CC1(NC(=O)C(CC2CC2)NC(=O)c2cc3cccc(F)c3[nH]2)CCCc2ccncc21. The molecule has 2 aliphatic carbocycles. The first-order valence-electron chi connectivity index (χ1n) is 11.2. The van der Waals surface area contributed by atoms with Crippen molar-refractivity contribution in [1.29, 1.82) is 5.26 Å². The van der Waals surface area contributed by atoms with Crippen LogP contribution in [0.2, 0.25) is 0 Å². The van der Waals surface area contributed by atoms with Crippen molar-refractivity contribution in [2.45, 2.75) is 50.1 Å². The number of aryl methyl sites for hydroxylation is 1. The van der Waals surface area contributed by atoms with Crippen LogP contribution in [0.3, 0.4) is 0 Å². The predicted molar refractivity (Wildman–Crippen MR) is 119 cm³/mol. The Bertz CT molecular complexity index is 1280. The van der Waals surface area contributed by atoms with Gasteiger partial charge in [0.05, 0.1) is 11.6 Å². The number of pyridine rings is 1. The Morgan fingerprint density at radius 1 is 1.33 bits per heavy atom. The fourth-order valence-electron chi connectivity index (χ4n) is 4.67. The molecule has 33 heavy (non-hydrogen) atoms. The molecule has 1 saturated carbocycles. The summed E-state index contributed by atoms with van der Waals surface area (Å²) in [6.07, 6.45) is 7.92. The zero-order chi connectivity index (χ0) is 23.0. The number of halogens is 1. The topological polar surface area (TPSA) is 111 Å². The van der Waals surface area contributed by atoms with E-state index in [1.54, 1.807) is 30.6 Å². The molecule has 3 N–H and O–H groups in total. The third-order valence-corrected chi connectivity index (χ3v) is 6.63. The summed E-state index contributed by atoms with van der Waals surface area (Å²) in [7, 11) is 0. The van der Waals surface area contributed by atoms with Crippen molar-refractivity contribution in [3.63, 3.8) is 0 Å². The third-order valence-electron chi connectivity index (χ3n) is 6.63. The van der Waals surface area contributed by atoms with Crippen molar-refractivity contribution in [3.8, 4) is 6.07 Å². The monoisotopic (exact) mass is 445 g/mol. The van der Waals surface area contributed by atoms with Gasteiger partial charge in [-0.2, -0.15) is 5.26 Å². The minimum atomic E-state index is -1.17. The summed E-state index contributed by atoms with van der Waals surface area (Å²) >= 11 is 0. The van der Waals surface area contributed by atoms with Gasteiger partial charge in [-0.15, -0.1) is 0 Å². The van der Waals surface area contributed by atoms with Gasteiger partial charge in [0.2, 0.25) is 5.91 Å². The molecule has 7 nitrogen and oxygen atoms in total. The van der Waals surface area contributed by atoms with Gasteiger partial charge in [0, 0.05) is 23.3 Å². The number of nitriles is 1. The number of para-hydroxylation sites is 1. The largest absolute Gasteiger partial charge is 0.348 e. The van der Waals surface area contributed by atoms with E-state index in [1.165, 1.54) is 6.07 Å². The first-order valence-corrected chi connectivity index (χ1v) is 11.2. The van der Waals surface area contributed by atoms with Crippen LogP contribution in [0.1, 0.15) is 53.7 Å². The van der Waals surface area contributed by atoms with Gasteiger partial charge >= 0.3 is 0 Å². The van der Waals surface area contributed by atoms with Gasteiger partial charge in [-0.25, -0.2) is 4.39 Å². The minimum absolute atomic E-state index is 0.186.